The molecule has 7 nitrogen and oxygen atoms in total. The first-order valence-electron chi connectivity index (χ1n) is 6.70. The Morgan fingerprint density at radius 2 is 1.89 bits per heavy atom. The average molecular weight is 266 g/mol. The number of anilines is 3. The first kappa shape index (κ1) is 13.8. The molecule has 0 aliphatic heterocycles. The van der Waals surface area contributed by atoms with Gasteiger partial charge in [-0.05, 0) is 19.3 Å². The predicted molar refractivity (Wildman–Crippen MR) is 75.6 cm³/mol. The molecular weight excluding hydrogens is 244 g/mol. The van der Waals surface area contributed by atoms with Crippen molar-refractivity contribution in [3.8, 4) is 0 Å². The lowest BCUT2D eigenvalue weighted by Crippen LogP contribution is -2.39. The van der Waals surface area contributed by atoms with Crippen LogP contribution in [0.3, 0.4) is 0 Å². The van der Waals surface area contributed by atoms with E-state index < -0.39 is 0 Å². The third-order valence-corrected chi connectivity index (χ3v) is 3.00. The lowest BCUT2D eigenvalue weighted by atomic mass is 9.90. The van der Waals surface area contributed by atoms with E-state index >= 15 is 0 Å². The number of aliphatic hydroxyl groups excluding tert-OH is 1. The van der Waals surface area contributed by atoms with Gasteiger partial charge in [0.05, 0.1) is 6.10 Å². The van der Waals surface area contributed by atoms with Crippen molar-refractivity contribution in [1.82, 2.24) is 15.0 Å². The normalized spacial score (nSPS) is 21.7. The number of aromatic nitrogens is 3. The van der Waals surface area contributed by atoms with Gasteiger partial charge in [0.2, 0.25) is 17.8 Å². The molecule has 1 aliphatic rings. The van der Waals surface area contributed by atoms with Crippen LogP contribution in [0.1, 0.15) is 26.2 Å². The van der Waals surface area contributed by atoms with Gasteiger partial charge in [0, 0.05) is 26.7 Å². The number of aliphatic hydroxyl groups is 1. The van der Waals surface area contributed by atoms with Crippen LogP contribution in [0.25, 0.3) is 0 Å². The standard InChI is InChI=1S/C12H22N6O/c1-4-5-13-10-15-11(14-8-6-9(19)7-8)17-12(16-10)18(2)3/h8-9,19H,4-7H2,1-3H3,(H2,13,14,15,16,17). The molecule has 7 heteroatoms. The molecule has 1 heterocycles. The number of hydrogen-bond donors (Lipinski definition) is 3. The summed E-state index contributed by atoms with van der Waals surface area (Å²) in [5.41, 5.74) is 0. The average Bonchev–Trinajstić information content (AvgIpc) is 2.34. The first-order valence-corrected chi connectivity index (χ1v) is 6.70. The minimum absolute atomic E-state index is 0.189. The van der Waals surface area contributed by atoms with Crippen molar-refractivity contribution in [1.29, 1.82) is 0 Å². The third-order valence-electron chi connectivity index (χ3n) is 3.00. The summed E-state index contributed by atoms with van der Waals surface area (Å²) in [6.07, 6.45) is 2.33. The summed E-state index contributed by atoms with van der Waals surface area (Å²) in [5.74, 6) is 1.77. The van der Waals surface area contributed by atoms with Crippen LogP contribution in [0.2, 0.25) is 0 Å². The molecule has 0 unspecified atom stereocenters. The molecule has 0 saturated heterocycles. The molecule has 0 spiro atoms. The third kappa shape index (κ3) is 3.66. The highest BCUT2D eigenvalue weighted by molar-refractivity contribution is 5.43. The number of nitrogens with one attached hydrogen (secondary N) is 2. The number of rotatable bonds is 6. The topological polar surface area (TPSA) is 86.2 Å². The highest BCUT2D eigenvalue weighted by Crippen LogP contribution is 2.23. The highest BCUT2D eigenvalue weighted by atomic mass is 16.3. The lowest BCUT2D eigenvalue weighted by molar-refractivity contribution is 0.0834. The summed E-state index contributed by atoms with van der Waals surface area (Å²) < 4.78 is 0. The zero-order chi connectivity index (χ0) is 13.8. The second kappa shape index (κ2) is 6.01. The maximum absolute atomic E-state index is 9.30. The van der Waals surface area contributed by atoms with Gasteiger partial charge in [0.15, 0.2) is 0 Å². The van der Waals surface area contributed by atoms with Crippen molar-refractivity contribution >= 4 is 17.8 Å². The Bertz CT molecular complexity index is 419. The fraction of sp³-hybridized carbons (Fsp3) is 0.750. The number of hydrogen-bond acceptors (Lipinski definition) is 7. The van der Waals surface area contributed by atoms with E-state index in [9.17, 15) is 5.11 Å². The minimum atomic E-state index is -0.189. The van der Waals surface area contributed by atoms with Gasteiger partial charge in [-0.1, -0.05) is 6.92 Å². The Morgan fingerprint density at radius 1 is 1.21 bits per heavy atom. The van der Waals surface area contributed by atoms with E-state index in [0.29, 0.717) is 17.8 Å². The Morgan fingerprint density at radius 3 is 2.47 bits per heavy atom. The fourth-order valence-corrected chi connectivity index (χ4v) is 1.83. The van der Waals surface area contributed by atoms with Crippen LogP contribution >= 0.6 is 0 Å². The fourth-order valence-electron chi connectivity index (χ4n) is 1.83. The van der Waals surface area contributed by atoms with Crippen molar-refractivity contribution in [3.05, 3.63) is 0 Å². The van der Waals surface area contributed by atoms with Crippen LogP contribution in [-0.2, 0) is 0 Å². The molecule has 0 bridgehead atoms. The van der Waals surface area contributed by atoms with Gasteiger partial charge in [0.25, 0.3) is 0 Å². The summed E-state index contributed by atoms with van der Waals surface area (Å²) in [5, 5.41) is 15.7. The van der Waals surface area contributed by atoms with Crippen molar-refractivity contribution in [2.75, 3.05) is 36.2 Å². The summed E-state index contributed by atoms with van der Waals surface area (Å²) in [4.78, 5) is 14.9. The first-order chi connectivity index (χ1) is 9.08. The van der Waals surface area contributed by atoms with Crippen LogP contribution in [0.4, 0.5) is 17.8 Å². The zero-order valence-corrected chi connectivity index (χ0v) is 11.7. The van der Waals surface area contributed by atoms with Crippen molar-refractivity contribution in [2.45, 2.75) is 38.3 Å². The lowest BCUT2D eigenvalue weighted by Gasteiger charge is -2.32. The molecule has 0 aromatic carbocycles. The van der Waals surface area contributed by atoms with Crippen LogP contribution in [0, 0.1) is 0 Å². The smallest absolute Gasteiger partial charge is 0.231 e. The van der Waals surface area contributed by atoms with Gasteiger partial charge in [0.1, 0.15) is 0 Å². The van der Waals surface area contributed by atoms with E-state index in [1.807, 2.05) is 19.0 Å². The maximum Gasteiger partial charge on any atom is 0.231 e. The molecule has 1 fully saturated rings. The van der Waals surface area contributed by atoms with Crippen LogP contribution in [-0.4, -0.2) is 52.8 Å². The van der Waals surface area contributed by atoms with Gasteiger partial charge >= 0.3 is 0 Å². The molecule has 106 valence electrons. The van der Waals surface area contributed by atoms with Crippen molar-refractivity contribution in [3.63, 3.8) is 0 Å². The largest absolute Gasteiger partial charge is 0.393 e. The number of nitrogens with zero attached hydrogens (tertiary/aromatic N) is 4. The molecule has 1 saturated carbocycles. The van der Waals surface area contributed by atoms with E-state index in [2.05, 4.69) is 32.5 Å². The molecule has 0 radical (unpaired) electrons. The SMILES string of the molecule is CCCNc1nc(NC2CC(O)C2)nc(N(C)C)n1. The monoisotopic (exact) mass is 266 g/mol. The molecule has 2 rings (SSSR count). The van der Waals surface area contributed by atoms with Gasteiger partial charge in [-0.15, -0.1) is 0 Å². The van der Waals surface area contributed by atoms with E-state index in [-0.39, 0.29) is 12.1 Å². The Hall–Kier alpha value is -1.63. The van der Waals surface area contributed by atoms with Gasteiger partial charge < -0.3 is 20.6 Å². The highest BCUT2D eigenvalue weighted by Gasteiger charge is 2.27. The Kier molecular flexibility index (Phi) is 4.36. The van der Waals surface area contributed by atoms with Crippen LogP contribution in [0.5, 0.6) is 0 Å². The molecular formula is C12H22N6O. The van der Waals surface area contributed by atoms with E-state index in [1.54, 1.807) is 0 Å². The zero-order valence-electron chi connectivity index (χ0n) is 11.7. The molecule has 19 heavy (non-hydrogen) atoms. The maximum atomic E-state index is 9.30. The predicted octanol–water partition coefficient (Wildman–Crippen LogP) is 0.695. The van der Waals surface area contributed by atoms with E-state index in [1.165, 1.54) is 0 Å². The quantitative estimate of drug-likeness (QED) is 0.698. The minimum Gasteiger partial charge on any atom is -0.393 e. The van der Waals surface area contributed by atoms with Crippen LogP contribution < -0.4 is 15.5 Å². The van der Waals surface area contributed by atoms with E-state index in [4.69, 9.17) is 0 Å². The van der Waals surface area contributed by atoms with Crippen molar-refractivity contribution < 1.29 is 5.11 Å². The second-order valence-electron chi connectivity index (χ2n) is 5.07. The molecule has 1 aromatic heterocycles. The molecule has 0 amide bonds. The molecule has 1 aromatic rings. The summed E-state index contributed by atoms with van der Waals surface area (Å²) in [6, 6.07) is 0.256. The Labute approximate surface area is 113 Å². The molecule has 0 atom stereocenters. The summed E-state index contributed by atoms with van der Waals surface area (Å²) >= 11 is 0. The van der Waals surface area contributed by atoms with E-state index in [0.717, 1.165) is 25.8 Å². The van der Waals surface area contributed by atoms with Gasteiger partial charge in [-0.25, -0.2) is 0 Å². The molecule has 3 N–H and O–H groups in total. The molecule has 1 aliphatic carbocycles. The van der Waals surface area contributed by atoms with Gasteiger partial charge in [-0.3, -0.25) is 0 Å². The Balaban J connectivity index is 2.09. The summed E-state index contributed by atoms with van der Waals surface area (Å²) in [6.45, 7) is 2.93. The summed E-state index contributed by atoms with van der Waals surface area (Å²) in [7, 11) is 3.80. The van der Waals surface area contributed by atoms with Gasteiger partial charge in [-0.2, -0.15) is 15.0 Å². The van der Waals surface area contributed by atoms with Crippen LogP contribution in [0.15, 0.2) is 0 Å². The van der Waals surface area contributed by atoms with Crippen molar-refractivity contribution in [2.24, 2.45) is 0 Å². The second-order valence-corrected chi connectivity index (χ2v) is 5.07.